The van der Waals surface area contributed by atoms with Crippen molar-refractivity contribution in [2.75, 3.05) is 26.2 Å². The van der Waals surface area contributed by atoms with E-state index in [2.05, 4.69) is 10.4 Å². The second kappa shape index (κ2) is 7.43. The average Bonchev–Trinajstić information content (AvgIpc) is 3.24. The molecule has 0 spiro atoms. The number of aromatic nitrogens is 2. The summed E-state index contributed by atoms with van der Waals surface area (Å²) in [5.41, 5.74) is 0.602. The molecule has 0 bridgehead atoms. The molecule has 0 aliphatic carbocycles. The Hall–Kier alpha value is -1.45. The van der Waals surface area contributed by atoms with Crippen molar-refractivity contribution in [2.45, 2.75) is 43.6 Å². The molecular weight excluding hydrogens is 344 g/mol. The molecule has 1 amide bonds. The van der Waals surface area contributed by atoms with Crippen LogP contribution in [0.2, 0.25) is 0 Å². The van der Waals surface area contributed by atoms with Crippen LogP contribution in [0, 0.1) is 12.8 Å². The van der Waals surface area contributed by atoms with Crippen molar-refractivity contribution >= 4 is 15.9 Å². The molecule has 3 heterocycles. The van der Waals surface area contributed by atoms with Gasteiger partial charge in [0.15, 0.2) is 0 Å². The second-order valence-electron chi connectivity index (χ2n) is 6.80. The summed E-state index contributed by atoms with van der Waals surface area (Å²) in [4.78, 5) is 12.6. The number of sulfonamides is 1. The van der Waals surface area contributed by atoms with E-state index in [-0.39, 0.29) is 29.4 Å². The fraction of sp³-hybridized carbons (Fsp3) is 0.750. The molecule has 2 aliphatic rings. The average molecular weight is 370 g/mol. The summed E-state index contributed by atoms with van der Waals surface area (Å²) in [7, 11) is -1.91. The van der Waals surface area contributed by atoms with E-state index < -0.39 is 10.0 Å². The van der Waals surface area contributed by atoms with E-state index >= 15 is 0 Å². The lowest BCUT2D eigenvalue weighted by atomic mass is 9.99. The lowest BCUT2D eigenvalue weighted by Gasteiger charge is -2.31. The molecule has 9 heteroatoms. The largest absolute Gasteiger partial charge is 0.376 e. The first kappa shape index (κ1) is 18.3. The van der Waals surface area contributed by atoms with Crippen LogP contribution in [0.15, 0.2) is 11.1 Å². The molecule has 1 aromatic heterocycles. The molecular formula is C16H26N4O4S. The van der Waals surface area contributed by atoms with Gasteiger partial charge >= 0.3 is 0 Å². The first-order chi connectivity index (χ1) is 11.9. The third-order valence-electron chi connectivity index (χ3n) is 5.09. The molecule has 0 unspecified atom stereocenters. The van der Waals surface area contributed by atoms with Crippen molar-refractivity contribution in [2.24, 2.45) is 13.0 Å². The number of ether oxygens (including phenoxy) is 1. The van der Waals surface area contributed by atoms with Gasteiger partial charge < -0.3 is 10.1 Å². The smallest absolute Gasteiger partial charge is 0.246 e. The van der Waals surface area contributed by atoms with Crippen molar-refractivity contribution in [1.29, 1.82) is 0 Å². The predicted molar refractivity (Wildman–Crippen MR) is 91.4 cm³/mol. The van der Waals surface area contributed by atoms with Gasteiger partial charge in [-0.1, -0.05) is 0 Å². The SMILES string of the molecule is Cc1c(S(=O)(=O)N2CCC[C@H](C(=O)NC[C@@H]3CCCO3)C2)cnn1C. The molecule has 2 aliphatic heterocycles. The van der Waals surface area contributed by atoms with Crippen LogP contribution in [0.25, 0.3) is 0 Å². The molecule has 1 aromatic rings. The summed E-state index contributed by atoms with van der Waals surface area (Å²) in [5.74, 6) is -0.403. The summed E-state index contributed by atoms with van der Waals surface area (Å²) in [6.07, 6.45) is 4.84. The Morgan fingerprint density at radius 2 is 2.20 bits per heavy atom. The highest BCUT2D eigenvalue weighted by Gasteiger charge is 2.35. The quantitative estimate of drug-likeness (QED) is 0.811. The topological polar surface area (TPSA) is 93.5 Å². The van der Waals surface area contributed by atoms with E-state index in [1.165, 1.54) is 10.5 Å². The Labute approximate surface area is 148 Å². The molecule has 140 valence electrons. The Kier molecular flexibility index (Phi) is 5.45. The van der Waals surface area contributed by atoms with Crippen LogP contribution in [0.5, 0.6) is 0 Å². The fourth-order valence-electron chi connectivity index (χ4n) is 3.41. The maximum absolute atomic E-state index is 12.9. The van der Waals surface area contributed by atoms with Crippen LogP contribution in [0.4, 0.5) is 0 Å². The number of nitrogens with zero attached hydrogens (tertiary/aromatic N) is 3. The van der Waals surface area contributed by atoms with Gasteiger partial charge in [-0.15, -0.1) is 0 Å². The molecule has 1 N–H and O–H groups in total. The molecule has 25 heavy (non-hydrogen) atoms. The zero-order chi connectivity index (χ0) is 18.0. The Bertz CT molecular complexity index is 724. The van der Waals surface area contributed by atoms with Crippen LogP contribution in [0.1, 0.15) is 31.4 Å². The minimum Gasteiger partial charge on any atom is -0.376 e. The molecule has 3 rings (SSSR count). The molecule has 8 nitrogen and oxygen atoms in total. The van der Waals surface area contributed by atoms with Gasteiger partial charge in [-0.25, -0.2) is 8.42 Å². The standard InChI is InChI=1S/C16H26N4O4S/c1-12-15(10-18-19(12)2)25(22,23)20-7-3-5-13(11-20)16(21)17-9-14-6-4-8-24-14/h10,13-14H,3-9,11H2,1-2H3,(H,17,21)/t13-,14-/m0/s1. The van der Waals surface area contributed by atoms with Crippen molar-refractivity contribution in [3.8, 4) is 0 Å². The van der Waals surface area contributed by atoms with Crippen molar-refractivity contribution < 1.29 is 17.9 Å². The van der Waals surface area contributed by atoms with Crippen LogP contribution in [0.3, 0.4) is 0 Å². The second-order valence-corrected chi connectivity index (χ2v) is 8.71. The van der Waals surface area contributed by atoms with Crippen LogP contribution < -0.4 is 5.32 Å². The number of aryl methyl sites for hydroxylation is 1. The summed E-state index contributed by atoms with van der Waals surface area (Å²) in [5, 5.41) is 6.94. The van der Waals surface area contributed by atoms with Gasteiger partial charge in [0.25, 0.3) is 0 Å². The van der Waals surface area contributed by atoms with Gasteiger partial charge in [0.2, 0.25) is 15.9 Å². The highest BCUT2D eigenvalue weighted by molar-refractivity contribution is 7.89. The minimum atomic E-state index is -3.62. The van der Waals surface area contributed by atoms with E-state index in [0.717, 1.165) is 19.4 Å². The van der Waals surface area contributed by atoms with Gasteiger partial charge in [-0.3, -0.25) is 9.48 Å². The van der Waals surface area contributed by atoms with Crippen LogP contribution in [-0.4, -0.2) is 60.8 Å². The van der Waals surface area contributed by atoms with E-state index in [1.807, 2.05) is 0 Å². The minimum absolute atomic E-state index is 0.0849. The third kappa shape index (κ3) is 3.88. The fourth-order valence-corrected chi connectivity index (χ4v) is 5.12. The van der Waals surface area contributed by atoms with Gasteiger partial charge in [-0.05, 0) is 32.6 Å². The number of hydrogen-bond donors (Lipinski definition) is 1. The van der Waals surface area contributed by atoms with Crippen LogP contribution in [-0.2, 0) is 26.6 Å². The number of hydrogen-bond acceptors (Lipinski definition) is 5. The van der Waals surface area contributed by atoms with Gasteiger partial charge in [0, 0.05) is 33.3 Å². The molecule has 0 radical (unpaired) electrons. The molecule has 0 aromatic carbocycles. The van der Waals surface area contributed by atoms with E-state index in [4.69, 9.17) is 4.74 Å². The van der Waals surface area contributed by atoms with Crippen molar-refractivity contribution in [3.63, 3.8) is 0 Å². The molecule has 2 saturated heterocycles. The lowest BCUT2D eigenvalue weighted by Crippen LogP contribution is -2.46. The number of carbonyl (C=O) groups excluding carboxylic acids is 1. The van der Waals surface area contributed by atoms with Gasteiger partial charge in [0.1, 0.15) is 4.90 Å². The number of nitrogens with one attached hydrogen (secondary N) is 1. The zero-order valence-electron chi connectivity index (χ0n) is 14.8. The van der Waals surface area contributed by atoms with E-state index in [1.54, 1.807) is 18.7 Å². The van der Waals surface area contributed by atoms with Crippen molar-refractivity contribution in [1.82, 2.24) is 19.4 Å². The van der Waals surface area contributed by atoms with E-state index in [9.17, 15) is 13.2 Å². The zero-order valence-corrected chi connectivity index (χ0v) is 15.6. The lowest BCUT2D eigenvalue weighted by molar-refractivity contribution is -0.126. The summed E-state index contributed by atoms with van der Waals surface area (Å²) < 4.78 is 34.2. The molecule has 2 fully saturated rings. The molecule has 2 atom stereocenters. The predicted octanol–water partition coefficient (Wildman–Crippen LogP) is 0.424. The van der Waals surface area contributed by atoms with Gasteiger partial charge in [0.05, 0.1) is 23.9 Å². The highest BCUT2D eigenvalue weighted by Crippen LogP contribution is 2.25. The normalized spacial score (nSPS) is 25.2. The first-order valence-corrected chi connectivity index (χ1v) is 10.2. The third-order valence-corrected chi connectivity index (χ3v) is 7.06. The number of amides is 1. The highest BCUT2D eigenvalue weighted by atomic mass is 32.2. The summed E-state index contributed by atoms with van der Waals surface area (Å²) >= 11 is 0. The van der Waals surface area contributed by atoms with Crippen LogP contribution >= 0.6 is 0 Å². The Morgan fingerprint density at radius 3 is 2.84 bits per heavy atom. The molecule has 0 saturated carbocycles. The Balaban J connectivity index is 1.64. The van der Waals surface area contributed by atoms with Gasteiger partial charge in [-0.2, -0.15) is 9.40 Å². The number of piperidine rings is 1. The maximum atomic E-state index is 12.9. The summed E-state index contributed by atoms with van der Waals surface area (Å²) in [6.45, 7) is 3.64. The number of rotatable bonds is 5. The summed E-state index contributed by atoms with van der Waals surface area (Å²) in [6, 6.07) is 0. The first-order valence-electron chi connectivity index (χ1n) is 8.77. The van der Waals surface area contributed by atoms with Crippen molar-refractivity contribution in [3.05, 3.63) is 11.9 Å². The number of carbonyl (C=O) groups is 1. The van der Waals surface area contributed by atoms with E-state index in [0.29, 0.717) is 31.6 Å². The Morgan fingerprint density at radius 1 is 1.40 bits per heavy atom. The monoisotopic (exact) mass is 370 g/mol. The maximum Gasteiger partial charge on any atom is 0.246 e.